The fourth-order valence-corrected chi connectivity index (χ4v) is 1.67. The predicted molar refractivity (Wildman–Crippen MR) is 68.1 cm³/mol. The van der Waals surface area contributed by atoms with Crippen LogP contribution in [0.2, 0.25) is 5.15 Å². The summed E-state index contributed by atoms with van der Waals surface area (Å²) in [5, 5.41) is 2.87. The van der Waals surface area contributed by atoms with Crippen LogP contribution in [-0.2, 0) is 0 Å². The highest BCUT2D eigenvalue weighted by molar-refractivity contribution is 6.32. The molecule has 1 atom stereocenters. The van der Waals surface area contributed by atoms with E-state index in [9.17, 15) is 4.79 Å². The van der Waals surface area contributed by atoms with Crippen LogP contribution < -0.4 is 11.1 Å². The summed E-state index contributed by atoms with van der Waals surface area (Å²) in [4.78, 5) is 22.8. The Morgan fingerprint density at radius 1 is 1.56 bits per heavy atom. The number of anilines is 1. The number of carbonyl (C=O) groups excluding carboxylic acids is 1. The number of carbonyl (C=O) groups is 1. The number of nitrogens with zero attached hydrogens (tertiary/aromatic N) is 2. The molecule has 2 heterocycles. The van der Waals surface area contributed by atoms with Crippen LogP contribution in [0.4, 0.5) is 5.69 Å². The number of hydrogen-bond acceptors (Lipinski definition) is 4. The normalized spacial score (nSPS) is 12.1. The average molecular weight is 266 g/mol. The molecule has 18 heavy (non-hydrogen) atoms. The monoisotopic (exact) mass is 265 g/mol. The first-order valence-electron chi connectivity index (χ1n) is 5.29. The molecule has 4 N–H and O–H groups in total. The molecule has 0 aliphatic rings. The smallest absolute Gasteiger partial charge is 0.255 e. The van der Waals surface area contributed by atoms with E-state index in [1.165, 1.54) is 12.3 Å². The van der Waals surface area contributed by atoms with Gasteiger partial charge in [-0.05, 0) is 13.0 Å². The minimum atomic E-state index is -0.344. The third-order valence-corrected chi connectivity index (χ3v) is 2.68. The molecule has 1 unspecified atom stereocenters. The van der Waals surface area contributed by atoms with Crippen molar-refractivity contribution in [1.82, 2.24) is 20.3 Å². The van der Waals surface area contributed by atoms with Crippen molar-refractivity contribution < 1.29 is 4.79 Å². The predicted octanol–water partition coefficient (Wildman–Crippen LogP) is 1.53. The first-order chi connectivity index (χ1) is 8.58. The lowest BCUT2D eigenvalue weighted by Crippen LogP contribution is -2.27. The SMILES string of the molecule is CC(NC(=O)c1cc(N)cnc1Cl)c1ncc[nH]1. The standard InChI is InChI=1S/C11H12ClN5O/c1-6(10-14-2-3-15-10)17-11(18)8-4-7(13)5-16-9(8)12/h2-6H,13H2,1H3,(H,14,15)(H,17,18). The molecule has 2 aromatic rings. The second-order valence-corrected chi connectivity index (χ2v) is 4.13. The highest BCUT2D eigenvalue weighted by atomic mass is 35.5. The summed E-state index contributed by atoms with van der Waals surface area (Å²) >= 11 is 5.85. The lowest BCUT2D eigenvalue weighted by Gasteiger charge is -2.12. The molecule has 6 nitrogen and oxygen atoms in total. The maximum absolute atomic E-state index is 12.0. The van der Waals surface area contributed by atoms with Crippen LogP contribution >= 0.6 is 11.6 Å². The maximum Gasteiger partial charge on any atom is 0.255 e. The molecule has 0 aromatic carbocycles. The van der Waals surface area contributed by atoms with Crippen molar-refractivity contribution in [3.05, 3.63) is 41.2 Å². The molecule has 0 radical (unpaired) electrons. The number of aromatic nitrogens is 3. The van der Waals surface area contributed by atoms with E-state index < -0.39 is 0 Å². The highest BCUT2D eigenvalue weighted by Gasteiger charge is 2.16. The number of pyridine rings is 1. The summed E-state index contributed by atoms with van der Waals surface area (Å²) in [6.45, 7) is 1.81. The topological polar surface area (TPSA) is 96.7 Å². The third kappa shape index (κ3) is 2.60. The van der Waals surface area contributed by atoms with Crippen LogP contribution in [0.15, 0.2) is 24.7 Å². The largest absolute Gasteiger partial charge is 0.397 e. The Bertz CT molecular complexity index is 555. The minimum Gasteiger partial charge on any atom is -0.397 e. The zero-order chi connectivity index (χ0) is 13.1. The van der Waals surface area contributed by atoms with Gasteiger partial charge in [0.1, 0.15) is 11.0 Å². The number of hydrogen-bond donors (Lipinski definition) is 3. The van der Waals surface area contributed by atoms with Crippen molar-refractivity contribution in [2.75, 3.05) is 5.73 Å². The van der Waals surface area contributed by atoms with Crippen LogP contribution in [0.5, 0.6) is 0 Å². The first-order valence-corrected chi connectivity index (χ1v) is 5.67. The lowest BCUT2D eigenvalue weighted by atomic mass is 10.2. The summed E-state index contributed by atoms with van der Waals surface area (Å²) in [6.07, 6.45) is 4.70. The summed E-state index contributed by atoms with van der Waals surface area (Å²) in [5.41, 5.74) is 6.20. The van der Waals surface area contributed by atoms with Gasteiger partial charge >= 0.3 is 0 Å². The Hall–Kier alpha value is -2.08. The van der Waals surface area contributed by atoms with Crippen molar-refractivity contribution in [1.29, 1.82) is 0 Å². The molecule has 94 valence electrons. The fraction of sp³-hybridized carbons (Fsp3) is 0.182. The second-order valence-electron chi connectivity index (χ2n) is 3.78. The van der Waals surface area contributed by atoms with Gasteiger partial charge in [0.15, 0.2) is 0 Å². The molecule has 2 aromatic heterocycles. The zero-order valence-electron chi connectivity index (χ0n) is 9.64. The van der Waals surface area contributed by atoms with E-state index >= 15 is 0 Å². The van der Waals surface area contributed by atoms with Gasteiger partial charge in [0.05, 0.1) is 23.5 Å². The van der Waals surface area contributed by atoms with Gasteiger partial charge in [0.25, 0.3) is 5.91 Å². The number of rotatable bonds is 3. The molecule has 0 aliphatic carbocycles. The zero-order valence-corrected chi connectivity index (χ0v) is 10.4. The molecule has 0 spiro atoms. The second kappa shape index (κ2) is 5.05. The minimum absolute atomic E-state index is 0.119. The van der Waals surface area contributed by atoms with E-state index in [4.69, 9.17) is 17.3 Å². The number of nitrogens with one attached hydrogen (secondary N) is 2. The van der Waals surface area contributed by atoms with Gasteiger partial charge in [-0.1, -0.05) is 11.6 Å². The summed E-state index contributed by atoms with van der Waals surface area (Å²) in [6, 6.07) is 1.23. The molecule has 0 bridgehead atoms. The Kier molecular flexibility index (Phi) is 3.47. The van der Waals surface area contributed by atoms with Crippen LogP contribution in [0.3, 0.4) is 0 Å². The maximum atomic E-state index is 12.0. The van der Waals surface area contributed by atoms with E-state index in [0.29, 0.717) is 11.5 Å². The summed E-state index contributed by atoms with van der Waals surface area (Å²) in [5.74, 6) is 0.319. The number of amides is 1. The van der Waals surface area contributed by atoms with Crippen LogP contribution in [0.25, 0.3) is 0 Å². The van der Waals surface area contributed by atoms with Gasteiger partial charge in [-0.2, -0.15) is 0 Å². The molecular weight excluding hydrogens is 254 g/mol. The molecular formula is C11H12ClN5O. The van der Waals surface area contributed by atoms with E-state index in [1.54, 1.807) is 12.4 Å². The van der Waals surface area contributed by atoms with Crippen molar-refractivity contribution in [3.8, 4) is 0 Å². The third-order valence-electron chi connectivity index (χ3n) is 2.38. The average Bonchev–Trinajstić information content (AvgIpc) is 2.85. The quantitative estimate of drug-likeness (QED) is 0.733. The van der Waals surface area contributed by atoms with Gasteiger partial charge in [0, 0.05) is 12.4 Å². The van der Waals surface area contributed by atoms with E-state index in [1.807, 2.05) is 6.92 Å². The summed E-state index contributed by atoms with van der Waals surface area (Å²) in [7, 11) is 0. The number of halogens is 1. The van der Waals surface area contributed by atoms with Crippen LogP contribution in [0, 0.1) is 0 Å². The number of aromatic amines is 1. The van der Waals surface area contributed by atoms with Gasteiger partial charge in [-0.15, -0.1) is 0 Å². The Morgan fingerprint density at radius 2 is 2.33 bits per heavy atom. The van der Waals surface area contributed by atoms with Gasteiger partial charge in [-0.25, -0.2) is 9.97 Å². The van der Waals surface area contributed by atoms with Crippen LogP contribution in [-0.4, -0.2) is 20.9 Å². The van der Waals surface area contributed by atoms with Crippen molar-refractivity contribution >= 4 is 23.2 Å². The van der Waals surface area contributed by atoms with E-state index in [0.717, 1.165) is 0 Å². The van der Waals surface area contributed by atoms with Gasteiger partial charge in [-0.3, -0.25) is 4.79 Å². The Labute approximate surface area is 109 Å². The van der Waals surface area contributed by atoms with Gasteiger partial charge in [0.2, 0.25) is 0 Å². The molecule has 1 amide bonds. The molecule has 0 aliphatic heterocycles. The highest BCUT2D eigenvalue weighted by Crippen LogP contribution is 2.16. The Balaban J connectivity index is 2.15. The molecule has 0 fully saturated rings. The number of nitrogens with two attached hydrogens (primary N) is 1. The number of imidazole rings is 1. The van der Waals surface area contributed by atoms with Crippen LogP contribution in [0.1, 0.15) is 29.1 Å². The summed E-state index contributed by atoms with van der Waals surface area (Å²) < 4.78 is 0. The molecule has 7 heteroatoms. The first kappa shape index (κ1) is 12.4. The number of H-pyrrole nitrogens is 1. The molecule has 0 saturated heterocycles. The van der Waals surface area contributed by atoms with E-state index in [2.05, 4.69) is 20.3 Å². The molecule has 0 saturated carbocycles. The Morgan fingerprint density at radius 3 is 3.00 bits per heavy atom. The van der Waals surface area contributed by atoms with Crippen molar-refractivity contribution in [2.24, 2.45) is 0 Å². The number of nitrogen functional groups attached to an aromatic ring is 1. The van der Waals surface area contributed by atoms with Crippen molar-refractivity contribution in [3.63, 3.8) is 0 Å². The fourth-order valence-electron chi connectivity index (χ4n) is 1.48. The molecule has 2 rings (SSSR count). The lowest BCUT2D eigenvalue weighted by molar-refractivity contribution is 0.0938. The van der Waals surface area contributed by atoms with Crippen molar-refractivity contribution in [2.45, 2.75) is 13.0 Å². The van der Waals surface area contributed by atoms with E-state index in [-0.39, 0.29) is 22.7 Å². The van der Waals surface area contributed by atoms with Gasteiger partial charge < -0.3 is 16.0 Å².